The van der Waals surface area contributed by atoms with Gasteiger partial charge in [-0.2, -0.15) is 0 Å². The van der Waals surface area contributed by atoms with Gasteiger partial charge in [-0.25, -0.2) is 17.9 Å². The van der Waals surface area contributed by atoms with Gasteiger partial charge in [0.1, 0.15) is 9.84 Å². The van der Waals surface area contributed by atoms with Crippen LogP contribution in [0.5, 0.6) is 0 Å². The van der Waals surface area contributed by atoms with Crippen molar-refractivity contribution in [2.24, 2.45) is 5.92 Å². The number of hydrogen-bond acceptors (Lipinski definition) is 6. The van der Waals surface area contributed by atoms with Crippen molar-refractivity contribution in [3.05, 3.63) is 11.4 Å². The fourth-order valence-electron chi connectivity index (χ4n) is 1.65. The van der Waals surface area contributed by atoms with E-state index in [0.29, 0.717) is 25.3 Å². The number of carbonyl (C=O) groups is 1. The molecular formula is C13H23N3O4S. The molecule has 0 saturated heterocycles. The predicted molar refractivity (Wildman–Crippen MR) is 78.8 cm³/mol. The van der Waals surface area contributed by atoms with E-state index < -0.39 is 15.8 Å². The van der Waals surface area contributed by atoms with Gasteiger partial charge in [0.2, 0.25) is 0 Å². The quantitative estimate of drug-likeness (QED) is 0.670. The monoisotopic (exact) mass is 317 g/mol. The molecule has 0 aliphatic heterocycles. The van der Waals surface area contributed by atoms with Gasteiger partial charge in [0.05, 0.1) is 18.1 Å². The number of nitrogens with zero attached hydrogens (tertiary/aromatic N) is 3. The summed E-state index contributed by atoms with van der Waals surface area (Å²) in [6, 6.07) is 0. The van der Waals surface area contributed by atoms with Crippen LogP contribution in [0.4, 0.5) is 0 Å². The molecular weight excluding hydrogens is 294 g/mol. The van der Waals surface area contributed by atoms with Crippen LogP contribution in [0.3, 0.4) is 0 Å². The highest BCUT2D eigenvalue weighted by molar-refractivity contribution is 7.91. The van der Waals surface area contributed by atoms with Crippen LogP contribution in [-0.4, -0.2) is 47.5 Å². The molecule has 1 rings (SSSR count). The predicted octanol–water partition coefficient (Wildman–Crippen LogP) is 1.22. The zero-order chi connectivity index (χ0) is 16.0. The number of rotatable bonds is 8. The van der Waals surface area contributed by atoms with Crippen molar-refractivity contribution in [3.8, 4) is 0 Å². The van der Waals surface area contributed by atoms with Gasteiger partial charge in [0.15, 0.2) is 5.69 Å². The number of ether oxygens (including phenoxy) is 1. The van der Waals surface area contributed by atoms with E-state index in [9.17, 15) is 13.2 Å². The third kappa shape index (κ3) is 5.45. The molecule has 21 heavy (non-hydrogen) atoms. The largest absolute Gasteiger partial charge is 0.461 e. The van der Waals surface area contributed by atoms with E-state index in [1.54, 1.807) is 13.8 Å². The minimum absolute atomic E-state index is 0.107. The Kier molecular flexibility index (Phi) is 6.32. The third-order valence-corrected chi connectivity index (χ3v) is 4.78. The molecule has 0 fully saturated rings. The summed E-state index contributed by atoms with van der Waals surface area (Å²) in [4.78, 5) is 11.8. The van der Waals surface area contributed by atoms with Crippen molar-refractivity contribution in [2.75, 3.05) is 18.1 Å². The highest BCUT2D eigenvalue weighted by Gasteiger charge is 2.18. The van der Waals surface area contributed by atoms with Crippen LogP contribution in [0, 0.1) is 12.8 Å². The van der Waals surface area contributed by atoms with Crippen molar-refractivity contribution < 1.29 is 17.9 Å². The molecule has 1 aromatic heterocycles. The summed E-state index contributed by atoms with van der Waals surface area (Å²) in [6.45, 7) is 7.99. The van der Waals surface area contributed by atoms with Gasteiger partial charge in [-0.1, -0.05) is 26.0 Å². The Morgan fingerprint density at radius 3 is 2.62 bits per heavy atom. The topological polar surface area (TPSA) is 91.1 Å². The maximum atomic E-state index is 11.8. The summed E-state index contributed by atoms with van der Waals surface area (Å²) in [7, 11) is -2.98. The number of carbonyl (C=O) groups excluding carboxylic acids is 1. The molecule has 0 saturated carbocycles. The standard InChI is InChI=1S/C13H23N3O4S/c1-5-21(18,19)8-6-7-16-11(4)12(14-15-16)13(17)20-9-10(2)3/h10H,5-9H2,1-4H3. The number of esters is 1. The van der Waals surface area contributed by atoms with Gasteiger partial charge in [-0.3, -0.25) is 0 Å². The number of sulfone groups is 1. The first-order chi connectivity index (χ1) is 9.76. The normalized spacial score (nSPS) is 11.9. The molecule has 0 atom stereocenters. The van der Waals surface area contributed by atoms with Crippen LogP contribution in [0.15, 0.2) is 0 Å². The smallest absolute Gasteiger partial charge is 0.360 e. The third-order valence-electron chi connectivity index (χ3n) is 2.99. The second-order valence-electron chi connectivity index (χ2n) is 5.33. The number of aryl methyl sites for hydroxylation is 1. The van der Waals surface area contributed by atoms with Crippen molar-refractivity contribution >= 4 is 15.8 Å². The fourth-order valence-corrected chi connectivity index (χ4v) is 2.51. The van der Waals surface area contributed by atoms with E-state index in [-0.39, 0.29) is 23.1 Å². The summed E-state index contributed by atoms with van der Waals surface area (Å²) in [6.07, 6.45) is 0.445. The first-order valence-corrected chi connectivity index (χ1v) is 8.86. The summed E-state index contributed by atoms with van der Waals surface area (Å²) >= 11 is 0. The molecule has 120 valence electrons. The average molecular weight is 317 g/mol. The maximum absolute atomic E-state index is 11.8. The highest BCUT2D eigenvalue weighted by Crippen LogP contribution is 2.08. The number of hydrogen-bond donors (Lipinski definition) is 0. The van der Waals surface area contributed by atoms with Gasteiger partial charge in [-0.05, 0) is 19.3 Å². The molecule has 0 N–H and O–H groups in total. The number of aromatic nitrogens is 3. The van der Waals surface area contributed by atoms with E-state index in [1.807, 2.05) is 13.8 Å². The Morgan fingerprint density at radius 1 is 1.38 bits per heavy atom. The van der Waals surface area contributed by atoms with E-state index in [0.717, 1.165) is 0 Å². The van der Waals surface area contributed by atoms with Crippen LogP contribution in [0.2, 0.25) is 0 Å². The summed E-state index contributed by atoms with van der Waals surface area (Å²) < 4.78 is 29.5. The zero-order valence-corrected chi connectivity index (χ0v) is 13.8. The fraction of sp³-hybridized carbons (Fsp3) is 0.769. The zero-order valence-electron chi connectivity index (χ0n) is 13.0. The summed E-state index contributed by atoms with van der Waals surface area (Å²) in [5, 5.41) is 7.70. The second-order valence-corrected chi connectivity index (χ2v) is 7.80. The lowest BCUT2D eigenvalue weighted by atomic mass is 10.2. The van der Waals surface area contributed by atoms with E-state index in [4.69, 9.17) is 4.74 Å². The molecule has 0 bridgehead atoms. The first-order valence-electron chi connectivity index (χ1n) is 7.04. The van der Waals surface area contributed by atoms with E-state index in [1.165, 1.54) is 4.68 Å². The van der Waals surface area contributed by atoms with Crippen LogP contribution in [0.25, 0.3) is 0 Å². The Morgan fingerprint density at radius 2 is 2.05 bits per heavy atom. The van der Waals surface area contributed by atoms with Gasteiger partial charge >= 0.3 is 5.97 Å². The Hall–Kier alpha value is -1.44. The van der Waals surface area contributed by atoms with Gasteiger partial charge in [0.25, 0.3) is 0 Å². The lowest BCUT2D eigenvalue weighted by Crippen LogP contribution is -2.14. The molecule has 0 aliphatic rings. The summed E-state index contributed by atoms with van der Waals surface area (Å²) in [5.74, 6) is 0.00339. The Labute approximate surface area is 125 Å². The molecule has 0 spiro atoms. The van der Waals surface area contributed by atoms with E-state index in [2.05, 4.69) is 10.3 Å². The highest BCUT2D eigenvalue weighted by atomic mass is 32.2. The van der Waals surface area contributed by atoms with Crippen LogP contribution >= 0.6 is 0 Å². The van der Waals surface area contributed by atoms with Crippen molar-refractivity contribution in [1.82, 2.24) is 15.0 Å². The van der Waals surface area contributed by atoms with Gasteiger partial charge in [0, 0.05) is 12.3 Å². The second kappa shape index (κ2) is 7.53. The van der Waals surface area contributed by atoms with Gasteiger partial charge in [-0.15, -0.1) is 5.10 Å². The molecule has 8 heteroatoms. The summed E-state index contributed by atoms with van der Waals surface area (Å²) in [5.41, 5.74) is 0.784. The van der Waals surface area contributed by atoms with Crippen LogP contribution in [-0.2, 0) is 21.1 Å². The van der Waals surface area contributed by atoms with Gasteiger partial charge < -0.3 is 4.74 Å². The molecule has 0 unspecified atom stereocenters. The minimum atomic E-state index is -2.98. The molecule has 0 aromatic carbocycles. The lowest BCUT2D eigenvalue weighted by molar-refractivity contribution is 0.0451. The average Bonchev–Trinajstić information content (AvgIpc) is 2.77. The van der Waals surface area contributed by atoms with Crippen molar-refractivity contribution in [1.29, 1.82) is 0 Å². The molecule has 1 aromatic rings. The van der Waals surface area contributed by atoms with Crippen molar-refractivity contribution in [2.45, 2.75) is 40.7 Å². The minimum Gasteiger partial charge on any atom is -0.461 e. The maximum Gasteiger partial charge on any atom is 0.360 e. The molecule has 1 heterocycles. The Bertz CT molecular complexity index is 578. The van der Waals surface area contributed by atoms with E-state index >= 15 is 0 Å². The molecule has 7 nitrogen and oxygen atoms in total. The first kappa shape index (κ1) is 17.6. The van der Waals surface area contributed by atoms with Crippen LogP contribution < -0.4 is 0 Å². The SMILES string of the molecule is CCS(=O)(=O)CCCn1nnc(C(=O)OCC(C)C)c1C. The molecule has 0 radical (unpaired) electrons. The Balaban J connectivity index is 2.61. The van der Waals surface area contributed by atoms with Crippen LogP contribution in [0.1, 0.15) is 43.4 Å². The molecule has 0 aliphatic carbocycles. The lowest BCUT2D eigenvalue weighted by Gasteiger charge is -2.06. The molecule has 0 amide bonds. The van der Waals surface area contributed by atoms with Crippen molar-refractivity contribution in [3.63, 3.8) is 0 Å².